The van der Waals surface area contributed by atoms with Crippen LogP contribution in [0.15, 0.2) is 54.6 Å². The lowest BCUT2D eigenvalue weighted by atomic mass is 10.1. The van der Waals surface area contributed by atoms with E-state index >= 15 is 0 Å². The largest absolute Gasteiger partial charge is 0.376 e. The Morgan fingerprint density at radius 1 is 1.09 bits per heavy atom. The number of benzene rings is 2. The number of rotatable bonds is 7. The number of carbonyl (C=O) groups excluding carboxylic acids is 1. The monoisotopic (exact) mass is 310 g/mol. The van der Waals surface area contributed by atoms with Gasteiger partial charge in [-0.15, -0.1) is 0 Å². The van der Waals surface area contributed by atoms with Crippen LogP contribution in [0.2, 0.25) is 0 Å². The van der Waals surface area contributed by atoms with E-state index in [1.54, 1.807) is 0 Å². The first-order chi connectivity index (χ1) is 11.2. The number of anilines is 1. The molecule has 0 saturated heterocycles. The van der Waals surface area contributed by atoms with Gasteiger partial charge in [0.25, 0.3) is 0 Å². The molecule has 3 N–H and O–H groups in total. The van der Waals surface area contributed by atoms with Gasteiger partial charge in [0.2, 0.25) is 5.91 Å². The molecule has 4 nitrogen and oxygen atoms in total. The Morgan fingerprint density at radius 3 is 2.57 bits per heavy atom. The Labute approximate surface area is 136 Å². The lowest BCUT2D eigenvalue weighted by Crippen LogP contribution is -2.37. The molecule has 0 aromatic heterocycles. The molecule has 120 valence electrons. The van der Waals surface area contributed by atoms with Crippen LogP contribution in [0.3, 0.4) is 0 Å². The van der Waals surface area contributed by atoms with Gasteiger partial charge in [0.15, 0.2) is 0 Å². The summed E-state index contributed by atoms with van der Waals surface area (Å²) in [5, 5.41) is 2.88. The highest BCUT2D eigenvalue weighted by Gasteiger charge is 2.45. The van der Waals surface area contributed by atoms with Crippen LogP contribution in [-0.2, 0) is 22.6 Å². The number of ether oxygens (including phenoxy) is 1. The maximum absolute atomic E-state index is 12.0. The maximum atomic E-state index is 12.0. The summed E-state index contributed by atoms with van der Waals surface area (Å²) >= 11 is 0. The second-order valence-corrected chi connectivity index (χ2v) is 6.10. The summed E-state index contributed by atoms with van der Waals surface area (Å²) in [5.41, 5.74) is 8.33. The smallest absolute Gasteiger partial charge is 0.244 e. The molecule has 1 aliphatic carbocycles. The fourth-order valence-electron chi connectivity index (χ4n) is 2.38. The zero-order valence-corrected chi connectivity index (χ0v) is 13.1. The first-order valence-electron chi connectivity index (χ1n) is 7.97. The van der Waals surface area contributed by atoms with Crippen molar-refractivity contribution in [3.8, 4) is 0 Å². The van der Waals surface area contributed by atoms with Crippen LogP contribution in [0, 0.1) is 0 Å². The van der Waals surface area contributed by atoms with Gasteiger partial charge in [0.1, 0.15) is 0 Å². The van der Waals surface area contributed by atoms with E-state index in [2.05, 4.69) is 17.4 Å². The predicted molar refractivity (Wildman–Crippen MR) is 91.0 cm³/mol. The minimum atomic E-state index is -0.651. The van der Waals surface area contributed by atoms with Crippen molar-refractivity contribution in [3.05, 3.63) is 65.7 Å². The van der Waals surface area contributed by atoms with Gasteiger partial charge in [-0.1, -0.05) is 42.5 Å². The van der Waals surface area contributed by atoms with Gasteiger partial charge in [0, 0.05) is 5.69 Å². The molecule has 1 amide bonds. The zero-order valence-electron chi connectivity index (χ0n) is 13.1. The van der Waals surface area contributed by atoms with E-state index in [0.29, 0.717) is 13.2 Å². The highest BCUT2D eigenvalue weighted by atomic mass is 16.5. The van der Waals surface area contributed by atoms with Gasteiger partial charge in [-0.3, -0.25) is 4.79 Å². The molecule has 1 fully saturated rings. The summed E-state index contributed by atoms with van der Waals surface area (Å²) in [4.78, 5) is 12.0. The molecule has 4 heteroatoms. The Bertz CT molecular complexity index is 666. The van der Waals surface area contributed by atoms with Crippen LogP contribution in [0.5, 0.6) is 0 Å². The van der Waals surface area contributed by atoms with Crippen molar-refractivity contribution in [1.29, 1.82) is 0 Å². The maximum Gasteiger partial charge on any atom is 0.244 e. The molecule has 2 aromatic rings. The topological polar surface area (TPSA) is 64.4 Å². The lowest BCUT2D eigenvalue weighted by molar-refractivity contribution is -0.118. The Hall–Kier alpha value is -2.17. The third-order valence-corrected chi connectivity index (χ3v) is 4.07. The second kappa shape index (κ2) is 6.94. The molecule has 0 radical (unpaired) electrons. The fourth-order valence-corrected chi connectivity index (χ4v) is 2.38. The van der Waals surface area contributed by atoms with Gasteiger partial charge in [-0.25, -0.2) is 0 Å². The highest BCUT2D eigenvalue weighted by molar-refractivity contribution is 6.00. The van der Waals surface area contributed by atoms with Crippen molar-refractivity contribution in [2.45, 2.75) is 31.4 Å². The molecule has 0 atom stereocenters. The van der Waals surface area contributed by atoms with Crippen molar-refractivity contribution in [2.75, 3.05) is 11.9 Å². The molecule has 2 aromatic carbocycles. The molecule has 0 heterocycles. The average Bonchev–Trinajstić information content (AvgIpc) is 3.32. The normalized spacial score (nSPS) is 15.2. The van der Waals surface area contributed by atoms with Gasteiger partial charge in [0.05, 0.1) is 18.8 Å². The quantitative estimate of drug-likeness (QED) is 0.773. The summed E-state index contributed by atoms with van der Waals surface area (Å²) in [6.45, 7) is 1.21. The van der Waals surface area contributed by atoms with Crippen LogP contribution in [0.4, 0.5) is 5.69 Å². The predicted octanol–water partition coefficient (Wildman–Crippen LogP) is 2.88. The van der Waals surface area contributed by atoms with Crippen molar-refractivity contribution in [3.63, 3.8) is 0 Å². The zero-order chi connectivity index (χ0) is 16.1. The van der Waals surface area contributed by atoms with Gasteiger partial charge in [-0.05, 0) is 42.5 Å². The van der Waals surface area contributed by atoms with E-state index in [1.807, 2.05) is 42.5 Å². The Kier molecular flexibility index (Phi) is 4.74. The average molecular weight is 310 g/mol. The summed E-state index contributed by atoms with van der Waals surface area (Å²) < 4.78 is 5.73. The van der Waals surface area contributed by atoms with E-state index in [0.717, 1.165) is 30.5 Å². The highest BCUT2D eigenvalue weighted by Crippen LogP contribution is 2.33. The summed E-state index contributed by atoms with van der Waals surface area (Å²) in [6, 6.07) is 18.0. The molecule has 23 heavy (non-hydrogen) atoms. The van der Waals surface area contributed by atoms with Crippen molar-refractivity contribution in [2.24, 2.45) is 5.73 Å². The minimum Gasteiger partial charge on any atom is -0.376 e. The number of hydrogen-bond donors (Lipinski definition) is 2. The van der Waals surface area contributed by atoms with Gasteiger partial charge in [-0.2, -0.15) is 0 Å². The number of amides is 1. The van der Waals surface area contributed by atoms with Crippen molar-refractivity contribution < 1.29 is 9.53 Å². The van der Waals surface area contributed by atoms with E-state index in [1.165, 1.54) is 5.56 Å². The molecule has 0 bridgehead atoms. The first kappa shape index (κ1) is 15.7. The van der Waals surface area contributed by atoms with Crippen LogP contribution >= 0.6 is 0 Å². The molecule has 1 saturated carbocycles. The van der Waals surface area contributed by atoms with Crippen molar-refractivity contribution >= 4 is 11.6 Å². The minimum absolute atomic E-state index is 0.0976. The fraction of sp³-hybridized carbons (Fsp3) is 0.316. The van der Waals surface area contributed by atoms with E-state index in [9.17, 15) is 4.79 Å². The van der Waals surface area contributed by atoms with E-state index in [4.69, 9.17) is 10.5 Å². The molecule has 3 rings (SSSR count). The van der Waals surface area contributed by atoms with Crippen LogP contribution in [0.1, 0.15) is 24.0 Å². The first-order valence-corrected chi connectivity index (χ1v) is 7.97. The van der Waals surface area contributed by atoms with E-state index < -0.39 is 5.54 Å². The SMILES string of the molecule is NC1(C(=O)Nc2cccc(COCCc3ccccc3)c2)CC1. The third-order valence-electron chi connectivity index (χ3n) is 4.07. The number of nitrogens with two attached hydrogens (primary N) is 1. The standard InChI is InChI=1S/C19H22N2O2/c20-19(10-11-19)18(22)21-17-8-4-7-16(13-17)14-23-12-9-15-5-2-1-3-6-15/h1-8,13H,9-12,14,20H2,(H,21,22). The van der Waals surface area contributed by atoms with Crippen LogP contribution in [0.25, 0.3) is 0 Å². The molecular weight excluding hydrogens is 288 g/mol. The number of hydrogen-bond acceptors (Lipinski definition) is 3. The second-order valence-electron chi connectivity index (χ2n) is 6.10. The lowest BCUT2D eigenvalue weighted by Gasteiger charge is -2.11. The van der Waals surface area contributed by atoms with Crippen molar-refractivity contribution in [1.82, 2.24) is 0 Å². The van der Waals surface area contributed by atoms with Crippen LogP contribution < -0.4 is 11.1 Å². The summed E-state index contributed by atoms with van der Waals surface area (Å²) in [7, 11) is 0. The van der Waals surface area contributed by atoms with E-state index in [-0.39, 0.29) is 5.91 Å². The van der Waals surface area contributed by atoms with Crippen LogP contribution in [-0.4, -0.2) is 18.1 Å². The third kappa shape index (κ3) is 4.41. The van der Waals surface area contributed by atoms with Gasteiger partial charge >= 0.3 is 0 Å². The molecule has 1 aliphatic rings. The Morgan fingerprint density at radius 2 is 1.83 bits per heavy atom. The molecule has 0 spiro atoms. The summed E-state index contributed by atoms with van der Waals surface area (Å²) in [5.74, 6) is -0.0976. The Balaban J connectivity index is 1.47. The molecule has 0 aliphatic heterocycles. The molecule has 0 unspecified atom stereocenters. The number of nitrogens with one attached hydrogen (secondary N) is 1. The molecular formula is C19H22N2O2. The number of carbonyl (C=O) groups is 1. The van der Waals surface area contributed by atoms with Gasteiger partial charge < -0.3 is 15.8 Å². The summed E-state index contributed by atoms with van der Waals surface area (Å²) in [6.07, 6.45) is 2.43.